The topological polar surface area (TPSA) is 202 Å². The molecule has 17 nitrogen and oxygen atoms in total. The molecule has 0 N–H and O–H groups in total. The molecule has 0 aromatic heterocycles. The van der Waals surface area contributed by atoms with E-state index >= 15 is 0 Å². The van der Waals surface area contributed by atoms with Crippen LogP contribution in [0.2, 0.25) is 0 Å². The Bertz CT molecular complexity index is 4340. The molecule has 0 radical (unpaired) electrons. The largest absolute Gasteiger partial charge is 0.489 e. The first kappa shape index (κ1) is 81.1. The van der Waals surface area contributed by atoms with Gasteiger partial charge in [0.1, 0.15) is 47.4 Å². The number of carbonyl (C=O) groups excluding carboxylic acids is 8. The molecule has 3 heterocycles. The van der Waals surface area contributed by atoms with Crippen molar-refractivity contribution in [3.8, 4) is 17.2 Å². The smallest absolute Gasteiger partial charge is 0.333 e. The first-order valence-electron chi connectivity index (χ1n) is 39.5. The molecule has 12 rings (SSSR count). The van der Waals surface area contributed by atoms with Gasteiger partial charge in [-0.05, 0) is 211 Å². The van der Waals surface area contributed by atoms with E-state index in [-0.39, 0.29) is 60.3 Å². The van der Waals surface area contributed by atoms with Crippen LogP contribution in [0.3, 0.4) is 0 Å². The molecule has 17 heteroatoms. The van der Waals surface area contributed by atoms with Crippen LogP contribution in [0.4, 0.5) is 0 Å². The van der Waals surface area contributed by atoms with E-state index in [4.69, 9.17) is 28.4 Å². The maximum atomic E-state index is 13.4. The average molecular weight is 1470 g/mol. The zero-order valence-corrected chi connectivity index (χ0v) is 65.8. The van der Waals surface area contributed by atoms with Crippen molar-refractivity contribution >= 4 is 79.7 Å². The summed E-state index contributed by atoms with van der Waals surface area (Å²) in [5, 5.41) is 4.56. The molecule has 10 atom stereocenters. The van der Waals surface area contributed by atoms with Gasteiger partial charge in [0.15, 0.2) is 0 Å². The predicted octanol–water partition coefficient (Wildman–Crippen LogP) is 19.5. The minimum Gasteiger partial charge on any atom is -0.489 e. The molecule has 10 unspecified atom stereocenters. The van der Waals surface area contributed by atoms with Crippen molar-refractivity contribution in [1.82, 2.24) is 14.7 Å². The minimum atomic E-state index is -0.442. The van der Waals surface area contributed by atoms with Gasteiger partial charge in [-0.25, -0.2) is 9.59 Å². The number of ether oxygens (including phenoxy) is 6. The number of rotatable bonds is 28. The molecule has 0 saturated heterocycles. The summed E-state index contributed by atoms with van der Waals surface area (Å²) in [6.45, 7) is 41.6. The van der Waals surface area contributed by atoms with Crippen molar-refractivity contribution in [2.45, 2.75) is 204 Å². The fourth-order valence-corrected chi connectivity index (χ4v) is 16.7. The summed E-state index contributed by atoms with van der Waals surface area (Å²) in [5.41, 5.74) is 4.31. The van der Waals surface area contributed by atoms with Gasteiger partial charge in [-0.1, -0.05) is 144 Å². The number of imide groups is 3. The highest BCUT2D eigenvalue weighted by Crippen LogP contribution is 2.45. The molecule has 576 valence electrons. The first-order chi connectivity index (χ1) is 51.6. The summed E-state index contributed by atoms with van der Waals surface area (Å²) in [6.07, 6.45) is 15.4. The minimum absolute atomic E-state index is 0.127. The molecule has 6 aliphatic rings. The molecule has 6 aromatic rings. The van der Waals surface area contributed by atoms with E-state index in [0.29, 0.717) is 172 Å². The van der Waals surface area contributed by atoms with Gasteiger partial charge < -0.3 is 28.4 Å². The van der Waals surface area contributed by atoms with Gasteiger partial charge in [0, 0.05) is 90.4 Å². The standard InChI is InChI=1S/C31H39NO5.C30H37NO5.C30H37NO4/c1-19(2)22-13-12-21(5)18-27(22)37-26-15-14-25-28-23(26)10-9-11-24(28)29(33)32(30(25)34)16-7-6-8-17-36-31(35)20(3)4;1-5-27(32)35-17-8-6-7-16-31-29(33)23-11-9-10-22-25(15-14-24(28(22)23)30(31)34)36-26-18-20(4)12-13-21(26)19(2)3;1-17(2)21(7)34-20(6)16-31-29(32)24-10-8-9-23-26(14-13-25(28(23)24)30(31)33)35-27-15-19(5)11-12-22(27)18(3)4/h9-11,14-15,19,21-22,27H,3,6-8,12-13,16-18H2,1-2,4-5H3;5,9-11,14-15,19-21,26H,1,6-8,12-13,16-18H2,2-4H3;8-10,13-14,18-20,22,27H,1,7,11-12,15-16H2,2-6H3. The van der Waals surface area contributed by atoms with Gasteiger partial charge in [0.05, 0.1) is 19.8 Å². The van der Waals surface area contributed by atoms with Crippen molar-refractivity contribution in [2.75, 3.05) is 32.8 Å². The van der Waals surface area contributed by atoms with Gasteiger partial charge in [-0.3, -0.25) is 43.5 Å². The maximum Gasteiger partial charge on any atom is 0.333 e. The van der Waals surface area contributed by atoms with Crippen LogP contribution in [0.15, 0.2) is 140 Å². The van der Waals surface area contributed by atoms with Gasteiger partial charge in [-0.15, -0.1) is 0 Å². The number of allylic oxidation sites excluding steroid dienone is 1. The van der Waals surface area contributed by atoms with Crippen LogP contribution in [0.25, 0.3) is 32.3 Å². The van der Waals surface area contributed by atoms with Crippen LogP contribution in [0.5, 0.6) is 17.2 Å². The molecule has 3 aliphatic carbocycles. The third-order valence-corrected chi connectivity index (χ3v) is 22.9. The van der Waals surface area contributed by atoms with Gasteiger partial charge in [-0.2, -0.15) is 0 Å². The van der Waals surface area contributed by atoms with E-state index in [9.17, 15) is 38.4 Å². The summed E-state index contributed by atoms with van der Waals surface area (Å²) < 4.78 is 35.8. The van der Waals surface area contributed by atoms with Crippen LogP contribution >= 0.6 is 0 Å². The number of unbranched alkanes of at least 4 members (excludes halogenated alkanes) is 4. The third kappa shape index (κ3) is 18.5. The van der Waals surface area contributed by atoms with Crippen LogP contribution in [0, 0.1) is 53.3 Å². The second-order valence-electron chi connectivity index (χ2n) is 32.3. The van der Waals surface area contributed by atoms with E-state index in [0.717, 1.165) is 90.8 Å². The number of hydrogen-bond acceptors (Lipinski definition) is 14. The highest BCUT2D eigenvalue weighted by Gasteiger charge is 2.41. The first-order valence-corrected chi connectivity index (χ1v) is 39.5. The quantitative estimate of drug-likeness (QED) is 0.0112. The van der Waals surface area contributed by atoms with Crippen LogP contribution in [-0.4, -0.2) is 119 Å². The molecule has 6 amide bonds. The summed E-state index contributed by atoms with van der Waals surface area (Å²) in [7, 11) is 0. The second kappa shape index (κ2) is 36.2. The molecular formula is C91H113N3O14. The van der Waals surface area contributed by atoms with Crippen LogP contribution in [0.1, 0.15) is 242 Å². The lowest BCUT2D eigenvalue weighted by Gasteiger charge is -2.37. The molecule has 0 spiro atoms. The highest BCUT2D eigenvalue weighted by atomic mass is 16.5. The Morgan fingerprint density at radius 1 is 0.435 bits per heavy atom. The lowest BCUT2D eigenvalue weighted by Crippen LogP contribution is -2.44. The fourth-order valence-electron chi connectivity index (χ4n) is 16.7. The number of nitrogens with zero attached hydrogens (tertiary/aromatic N) is 3. The van der Waals surface area contributed by atoms with Crippen molar-refractivity contribution in [1.29, 1.82) is 0 Å². The second-order valence-corrected chi connectivity index (χ2v) is 32.3. The van der Waals surface area contributed by atoms with E-state index in [2.05, 4.69) is 88.6 Å². The average Bonchev–Trinajstić information content (AvgIpc) is 0.751. The summed E-state index contributed by atoms with van der Waals surface area (Å²) in [4.78, 5) is 107. The molecule has 3 aliphatic heterocycles. The Morgan fingerprint density at radius 3 is 1.09 bits per heavy atom. The number of hydrogen-bond donors (Lipinski definition) is 0. The van der Waals surface area contributed by atoms with E-state index in [1.54, 1.807) is 38.1 Å². The summed E-state index contributed by atoms with van der Waals surface area (Å²) in [5.74, 6) is 5.14. The summed E-state index contributed by atoms with van der Waals surface area (Å²) in [6, 6.07) is 28.0. The van der Waals surface area contributed by atoms with E-state index < -0.39 is 18.0 Å². The summed E-state index contributed by atoms with van der Waals surface area (Å²) >= 11 is 0. The Morgan fingerprint density at radius 2 is 0.769 bits per heavy atom. The Hall–Kier alpha value is -9.38. The number of carbonyl (C=O) groups is 8. The van der Waals surface area contributed by atoms with Gasteiger partial charge in [0.2, 0.25) is 0 Å². The Labute approximate surface area is 638 Å². The lowest BCUT2D eigenvalue weighted by atomic mass is 9.75. The normalized spacial score (nSPS) is 22.0. The molecule has 0 bridgehead atoms. The fraction of sp³-hybridized carbons (Fsp3) is 0.495. The van der Waals surface area contributed by atoms with Crippen molar-refractivity contribution in [2.24, 2.45) is 53.3 Å². The number of amides is 6. The lowest BCUT2D eigenvalue weighted by molar-refractivity contribution is -0.139. The zero-order valence-electron chi connectivity index (χ0n) is 65.8. The van der Waals surface area contributed by atoms with Crippen LogP contribution in [-0.2, 0) is 23.8 Å². The molecular weight excluding hydrogens is 1360 g/mol. The third-order valence-electron chi connectivity index (χ3n) is 22.9. The molecule has 3 fully saturated rings. The molecule has 6 aromatic carbocycles. The number of esters is 2. The Kier molecular flexibility index (Phi) is 27.2. The monoisotopic (exact) mass is 1470 g/mol. The highest BCUT2D eigenvalue weighted by molar-refractivity contribution is 6.28. The van der Waals surface area contributed by atoms with E-state index in [1.165, 1.54) is 34.0 Å². The van der Waals surface area contributed by atoms with Gasteiger partial charge in [0.25, 0.3) is 35.4 Å². The van der Waals surface area contributed by atoms with Crippen molar-refractivity contribution < 1.29 is 66.8 Å². The van der Waals surface area contributed by atoms with Crippen molar-refractivity contribution in [3.63, 3.8) is 0 Å². The maximum absolute atomic E-state index is 13.4. The SMILES string of the molecule is C=C(C)C(=C)OC(C)CN1C(=O)c2cccc3c(OC4CC(C)CCC4C(C)C)ccc(c23)C1=O.C=C(C)C(=O)OCCCCCN1C(=O)c2cccc3c(OC4CC(C)CCC4C(C)C)ccc(c23)C1=O.C=CC(=O)OCCCCCN1C(=O)c2cccc3c(OC4CC(C)CCC4C(C)C)ccc(c23)C1=O. The number of benzene rings is 6. The predicted molar refractivity (Wildman–Crippen MR) is 424 cm³/mol. The van der Waals surface area contributed by atoms with Crippen LogP contribution < -0.4 is 14.2 Å². The zero-order chi connectivity index (χ0) is 77.9. The van der Waals surface area contributed by atoms with E-state index in [1.807, 2.05) is 73.7 Å². The van der Waals surface area contributed by atoms with Gasteiger partial charge >= 0.3 is 11.9 Å². The molecule has 3 saturated carbocycles. The van der Waals surface area contributed by atoms with Crippen molar-refractivity contribution in [3.05, 3.63) is 174 Å². The molecule has 108 heavy (non-hydrogen) atoms. The Balaban J connectivity index is 0.000000173.